The molecule has 95 heavy (non-hydrogen) atoms. The monoisotopic (exact) mass is 1370 g/mol. The van der Waals surface area contributed by atoms with Crippen molar-refractivity contribution in [3.63, 3.8) is 0 Å². The SMILES string of the molecule is CCOC(=O)OC/C=C/C[C@@H](C)[C@@H](OC(C)=O)C1C(=O)N[C@@H](CC)C(=O)N(C)CC(=O)N(C)C(CC(C)C)C(=O)N[C@@H](C(C)C)C(=O)N(C)[C@@H](CC(C)C)C(=O)N[C@@H](C)C(=O)N[C@H](C)C(=O)N(C)[C@H](CC(C)C)C(=O)N(C)[C@@H](CC(C)C)C(=O)N(C)[C@@H](C(C)C)C(=O)N1C.S. The number of nitrogens with zero attached hydrogens (tertiary/aromatic N) is 7. The normalized spacial score (nSPS) is 25.0. The number of carbonyl (C=O) groups is 13. The molecule has 0 radical (unpaired) electrons. The van der Waals surface area contributed by atoms with Gasteiger partial charge in [0.15, 0.2) is 0 Å². The van der Waals surface area contributed by atoms with Crippen LogP contribution in [0.1, 0.15) is 163 Å². The van der Waals surface area contributed by atoms with E-state index in [0.29, 0.717) is 0 Å². The first-order valence-corrected chi connectivity index (χ1v) is 33.2. The van der Waals surface area contributed by atoms with Crippen molar-refractivity contribution >= 4 is 90.6 Å². The number of hydrogen-bond acceptors (Lipinski definition) is 16. The van der Waals surface area contributed by atoms with Crippen LogP contribution in [0.3, 0.4) is 0 Å². The number of rotatable bonds is 19. The fourth-order valence-corrected chi connectivity index (χ4v) is 11.3. The van der Waals surface area contributed by atoms with Crippen LogP contribution in [0.25, 0.3) is 0 Å². The zero-order valence-electron chi connectivity index (χ0n) is 61.6. The molecule has 544 valence electrons. The van der Waals surface area contributed by atoms with Gasteiger partial charge in [-0.15, -0.1) is 0 Å². The fraction of sp³-hybridized carbons (Fsp3) is 0.776. The molecule has 0 aromatic rings. The minimum Gasteiger partial charge on any atom is -0.459 e. The number of amides is 11. The average Bonchev–Trinajstić information content (AvgIpc) is 0.805. The molecule has 28 heteroatoms. The number of hydrogen-bond donors (Lipinski definition) is 4. The third-order valence-corrected chi connectivity index (χ3v) is 16.8. The topological polar surface area (TPSA) is 320 Å². The van der Waals surface area contributed by atoms with Gasteiger partial charge in [-0.1, -0.05) is 109 Å². The van der Waals surface area contributed by atoms with E-state index < -0.39 is 168 Å². The van der Waals surface area contributed by atoms with Gasteiger partial charge >= 0.3 is 12.1 Å². The van der Waals surface area contributed by atoms with E-state index in [1.807, 2.05) is 55.4 Å². The quantitative estimate of drug-likeness (QED) is 0.104. The Hall–Kier alpha value is -7.00. The number of ether oxygens (including phenoxy) is 3. The van der Waals surface area contributed by atoms with Crippen LogP contribution in [0, 0.1) is 41.4 Å². The van der Waals surface area contributed by atoms with Crippen LogP contribution in [0.5, 0.6) is 0 Å². The van der Waals surface area contributed by atoms with Gasteiger partial charge in [-0.2, -0.15) is 13.5 Å². The third-order valence-electron chi connectivity index (χ3n) is 16.8. The Bertz CT molecular complexity index is 2640. The van der Waals surface area contributed by atoms with Crippen LogP contribution >= 0.6 is 13.5 Å². The van der Waals surface area contributed by atoms with Crippen molar-refractivity contribution in [3.8, 4) is 0 Å². The summed E-state index contributed by atoms with van der Waals surface area (Å²) in [5.41, 5.74) is 0. The molecule has 0 spiro atoms. The first kappa shape index (κ1) is 88.0. The standard InChI is InChI=1S/C67H117N11O16.H2S/c1-26-47-62(86)72(19)36-52(80)73(20)48(32-37(3)4)59(83)71-53(41(11)12)65(89)74(21)49(33-38(5)6)58(82)68-44(16)57(81)69-45(17)61(85)75(22)50(34-39(7)8)63(87)76(23)51(35-40(9)10)64(88)77(24)54(42(13)14)66(90)78(25)55(60(84)70-47)56(94-46(18)79)43(15)30-28-29-31-93-67(91)92-27-2;/h28-29,37-45,47-51,53-56H,26-27,30-36H2,1-25H3,(H,68,82)(H,69,81)(H,70,84)(H,71,83);1H2/b29-28+;/t43-,44+,45-,47+,48?,49+,50-,51+,53+,54+,55?,56-;/m1./s1. The molecule has 1 rings (SSSR count). The van der Waals surface area contributed by atoms with Crippen LogP contribution in [0.2, 0.25) is 0 Å². The Labute approximate surface area is 572 Å². The molecule has 0 aromatic heterocycles. The van der Waals surface area contributed by atoms with Crippen molar-refractivity contribution in [2.45, 2.75) is 230 Å². The van der Waals surface area contributed by atoms with E-state index >= 15 is 19.2 Å². The second-order valence-electron chi connectivity index (χ2n) is 27.6. The number of nitrogens with one attached hydrogen (secondary N) is 4. The molecule has 0 bridgehead atoms. The molecule has 2 unspecified atom stereocenters. The summed E-state index contributed by atoms with van der Waals surface area (Å²) in [5.74, 6) is -11.5. The van der Waals surface area contributed by atoms with Gasteiger partial charge in [-0.25, -0.2) is 4.79 Å². The minimum atomic E-state index is -1.72. The van der Waals surface area contributed by atoms with Crippen molar-refractivity contribution < 1.29 is 76.5 Å². The Morgan fingerprint density at radius 3 is 1.39 bits per heavy atom. The van der Waals surface area contributed by atoms with Crippen LogP contribution in [-0.2, 0) is 71.7 Å². The largest absolute Gasteiger partial charge is 0.508 e. The maximum atomic E-state index is 15.5. The molecular formula is C67H119N11O16S. The first-order chi connectivity index (χ1) is 43.5. The Morgan fingerprint density at radius 1 is 0.484 bits per heavy atom. The number of carbonyl (C=O) groups excluding carboxylic acids is 13. The molecule has 1 heterocycles. The summed E-state index contributed by atoms with van der Waals surface area (Å²) >= 11 is 0. The number of likely N-dealkylation sites (N-methyl/N-ethyl adjacent to an activating group) is 7. The van der Waals surface area contributed by atoms with Crippen molar-refractivity contribution in [2.24, 2.45) is 41.4 Å². The van der Waals surface area contributed by atoms with Gasteiger partial charge in [0.1, 0.15) is 73.1 Å². The van der Waals surface area contributed by atoms with Gasteiger partial charge in [0.05, 0.1) is 13.2 Å². The van der Waals surface area contributed by atoms with Crippen LogP contribution in [0.15, 0.2) is 12.2 Å². The molecule has 1 aliphatic heterocycles. The molecule has 0 aromatic carbocycles. The fourth-order valence-electron chi connectivity index (χ4n) is 11.3. The van der Waals surface area contributed by atoms with Gasteiger partial charge in [-0.3, -0.25) is 57.5 Å². The lowest BCUT2D eigenvalue weighted by Gasteiger charge is -2.42. The molecule has 11 amide bonds. The summed E-state index contributed by atoms with van der Waals surface area (Å²) in [7, 11) is 9.71. The molecule has 0 aliphatic carbocycles. The van der Waals surface area contributed by atoms with Crippen LogP contribution in [-0.4, -0.2) is 247 Å². The predicted octanol–water partition coefficient (Wildman–Crippen LogP) is 4.11. The summed E-state index contributed by atoms with van der Waals surface area (Å²) in [5, 5.41) is 11.0. The van der Waals surface area contributed by atoms with E-state index in [1.54, 1.807) is 54.5 Å². The highest BCUT2D eigenvalue weighted by Gasteiger charge is 2.47. The van der Waals surface area contributed by atoms with Crippen molar-refractivity contribution in [1.29, 1.82) is 0 Å². The minimum absolute atomic E-state index is 0. The summed E-state index contributed by atoms with van der Waals surface area (Å²) in [6.07, 6.45) is 1.28. The van der Waals surface area contributed by atoms with Crippen LogP contribution in [0.4, 0.5) is 4.79 Å². The molecule has 1 fully saturated rings. The Kier molecular flexibility index (Phi) is 38.1. The second-order valence-corrected chi connectivity index (χ2v) is 27.6. The number of esters is 1. The van der Waals surface area contributed by atoms with Gasteiger partial charge in [-0.05, 0) is 101 Å². The molecule has 12 atom stereocenters. The van der Waals surface area contributed by atoms with E-state index in [4.69, 9.17) is 14.2 Å². The third kappa shape index (κ3) is 26.5. The lowest BCUT2D eigenvalue weighted by Crippen LogP contribution is -2.64. The van der Waals surface area contributed by atoms with Gasteiger partial charge < -0.3 is 69.8 Å². The van der Waals surface area contributed by atoms with E-state index in [9.17, 15) is 43.2 Å². The van der Waals surface area contributed by atoms with E-state index in [1.165, 1.54) is 93.8 Å². The maximum Gasteiger partial charge on any atom is 0.508 e. The van der Waals surface area contributed by atoms with E-state index in [-0.39, 0.29) is 88.9 Å². The van der Waals surface area contributed by atoms with E-state index in [2.05, 4.69) is 21.3 Å². The zero-order valence-corrected chi connectivity index (χ0v) is 62.6. The van der Waals surface area contributed by atoms with Gasteiger partial charge in [0.25, 0.3) is 0 Å². The first-order valence-electron chi connectivity index (χ1n) is 33.2. The van der Waals surface area contributed by atoms with Crippen LogP contribution < -0.4 is 21.3 Å². The molecule has 0 saturated carbocycles. The highest BCUT2D eigenvalue weighted by Crippen LogP contribution is 2.27. The summed E-state index contributed by atoms with van der Waals surface area (Å²) < 4.78 is 15.9. The van der Waals surface area contributed by atoms with Gasteiger partial charge in [0.2, 0.25) is 65.0 Å². The summed E-state index contributed by atoms with van der Waals surface area (Å²) in [6.45, 7) is 29.7. The maximum absolute atomic E-state index is 15.5. The van der Waals surface area contributed by atoms with Crippen molar-refractivity contribution in [2.75, 3.05) is 69.1 Å². The lowest BCUT2D eigenvalue weighted by molar-refractivity contribution is -0.164. The Balaban J connectivity index is 0.0000884. The molecule has 1 saturated heterocycles. The van der Waals surface area contributed by atoms with E-state index in [0.717, 1.165) is 16.7 Å². The summed E-state index contributed by atoms with van der Waals surface area (Å²) in [4.78, 5) is 196. The molecule has 4 N–H and O–H groups in total. The van der Waals surface area contributed by atoms with Crippen molar-refractivity contribution in [1.82, 2.24) is 55.6 Å². The highest BCUT2D eigenvalue weighted by atomic mass is 32.1. The molecule has 1 aliphatic rings. The lowest BCUT2D eigenvalue weighted by atomic mass is 9.91. The average molecular weight is 1370 g/mol. The molecule has 27 nitrogen and oxygen atoms in total. The van der Waals surface area contributed by atoms with Crippen molar-refractivity contribution in [3.05, 3.63) is 12.2 Å². The second kappa shape index (κ2) is 41.2. The predicted molar refractivity (Wildman–Crippen MR) is 366 cm³/mol. The summed E-state index contributed by atoms with van der Waals surface area (Å²) in [6, 6.07) is -12.9. The number of allylic oxidation sites excluding steroid dienone is 1. The highest BCUT2D eigenvalue weighted by molar-refractivity contribution is 7.59. The Morgan fingerprint density at radius 2 is 0.926 bits per heavy atom. The van der Waals surface area contributed by atoms with Gasteiger partial charge in [0, 0.05) is 56.3 Å². The zero-order chi connectivity index (χ0) is 72.7. The molecular weight excluding hydrogens is 1250 g/mol. The smallest absolute Gasteiger partial charge is 0.459 e.